The van der Waals surface area contributed by atoms with Gasteiger partial charge in [-0.05, 0) is 37.4 Å². The molecule has 0 bridgehead atoms. The molecule has 9 heteroatoms. The van der Waals surface area contributed by atoms with Gasteiger partial charge < -0.3 is 4.90 Å². The van der Waals surface area contributed by atoms with E-state index in [2.05, 4.69) is 5.10 Å². The van der Waals surface area contributed by atoms with Crippen LogP contribution < -0.4 is 5.43 Å². The number of rotatable bonds is 5. The first-order valence-electron chi connectivity index (χ1n) is 8.81. The molecule has 5 nitrogen and oxygen atoms in total. The summed E-state index contributed by atoms with van der Waals surface area (Å²) < 4.78 is 41.3. The Morgan fingerprint density at radius 3 is 2.55 bits per heavy atom. The Kier molecular flexibility index (Phi) is 5.88. The van der Waals surface area contributed by atoms with Gasteiger partial charge in [0, 0.05) is 23.2 Å². The first-order valence-corrected chi connectivity index (χ1v) is 9.69. The summed E-state index contributed by atoms with van der Waals surface area (Å²) >= 11 is 1.47. The zero-order chi connectivity index (χ0) is 21.2. The molecular weight excluding hydrogens is 403 g/mol. The lowest BCUT2D eigenvalue weighted by Crippen LogP contribution is -2.35. The van der Waals surface area contributed by atoms with Crippen LogP contribution in [0.4, 0.5) is 13.2 Å². The number of thiophene rings is 1. The maximum Gasteiger partial charge on any atom is 0.418 e. The van der Waals surface area contributed by atoms with Gasteiger partial charge in [0.15, 0.2) is 5.69 Å². The largest absolute Gasteiger partial charge is 0.418 e. The first-order chi connectivity index (χ1) is 13.7. The SMILES string of the molecule is CCN(Cc1cccs1)C(=O)c1nn(-c2ccccc2C(F)(F)F)c(C)cc1=O. The molecule has 0 N–H and O–H groups in total. The van der Waals surface area contributed by atoms with Crippen LogP contribution in [-0.4, -0.2) is 27.1 Å². The Morgan fingerprint density at radius 1 is 1.21 bits per heavy atom. The number of carbonyl (C=O) groups is 1. The fourth-order valence-corrected chi connectivity index (χ4v) is 3.62. The number of amides is 1. The lowest BCUT2D eigenvalue weighted by atomic mass is 10.1. The van der Waals surface area contributed by atoms with Gasteiger partial charge in [0.1, 0.15) is 0 Å². The van der Waals surface area contributed by atoms with Gasteiger partial charge >= 0.3 is 6.18 Å². The molecule has 2 aromatic heterocycles. The lowest BCUT2D eigenvalue weighted by Gasteiger charge is -2.21. The molecule has 1 amide bonds. The van der Waals surface area contributed by atoms with Crippen molar-refractivity contribution < 1.29 is 18.0 Å². The third kappa shape index (κ3) is 4.40. The first kappa shape index (κ1) is 20.8. The van der Waals surface area contributed by atoms with E-state index in [0.717, 1.165) is 21.7 Å². The number of para-hydroxylation sites is 1. The van der Waals surface area contributed by atoms with E-state index in [1.807, 2.05) is 17.5 Å². The van der Waals surface area contributed by atoms with Crippen LogP contribution >= 0.6 is 11.3 Å². The van der Waals surface area contributed by atoms with Gasteiger partial charge in [0.25, 0.3) is 5.91 Å². The van der Waals surface area contributed by atoms with Crippen molar-refractivity contribution in [3.8, 4) is 5.69 Å². The summed E-state index contributed by atoms with van der Waals surface area (Å²) in [5, 5.41) is 5.90. The molecule has 0 spiro atoms. The maximum absolute atomic E-state index is 13.4. The number of benzene rings is 1. The van der Waals surface area contributed by atoms with Gasteiger partial charge in [-0.2, -0.15) is 18.3 Å². The second-order valence-electron chi connectivity index (χ2n) is 6.32. The van der Waals surface area contributed by atoms with Gasteiger partial charge in [0.2, 0.25) is 5.43 Å². The average molecular weight is 421 g/mol. The van der Waals surface area contributed by atoms with Crippen molar-refractivity contribution in [3.05, 3.63) is 79.9 Å². The molecule has 3 rings (SSSR count). The molecule has 0 fully saturated rings. The van der Waals surface area contributed by atoms with Crippen molar-refractivity contribution in [2.45, 2.75) is 26.6 Å². The number of hydrogen-bond donors (Lipinski definition) is 0. The van der Waals surface area contributed by atoms with E-state index in [0.29, 0.717) is 13.1 Å². The standard InChI is InChI=1S/C20H18F3N3O2S/c1-3-25(12-14-7-6-10-29-14)19(28)18-17(27)11-13(2)26(24-18)16-9-5-4-8-15(16)20(21,22)23/h4-11H,3,12H2,1-2H3. The zero-order valence-electron chi connectivity index (χ0n) is 15.7. The number of halogens is 3. The fraction of sp³-hybridized carbons (Fsp3) is 0.250. The van der Waals surface area contributed by atoms with E-state index in [9.17, 15) is 22.8 Å². The highest BCUT2D eigenvalue weighted by Crippen LogP contribution is 2.33. The molecule has 0 saturated heterocycles. The summed E-state index contributed by atoms with van der Waals surface area (Å²) in [6.45, 7) is 3.85. The van der Waals surface area contributed by atoms with Gasteiger partial charge in [-0.25, -0.2) is 4.68 Å². The smallest absolute Gasteiger partial charge is 0.332 e. The van der Waals surface area contributed by atoms with Crippen LogP contribution in [-0.2, 0) is 12.7 Å². The average Bonchev–Trinajstić information content (AvgIpc) is 3.18. The molecule has 29 heavy (non-hydrogen) atoms. The second-order valence-corrected chi connectivity index (χ2v) is 7.36. The predicted molar refractivity (Wildman–Crippen MR) is 104 cm³/mol. The number of aryl methyl sites for hydroxylation is 1. The Morgan fingerprint density at radius 2 is 1.93 bits per heavy atom. The number of aromatic nitrogens is 2. The molecule has 2 heterocycles. The molecule has 1 aromatic carbocycles. The highest BCUT2D eigenvalue weighted by molar-refractivity contribution is 7.09. The molecule has 152 valence electrons. The van der Waals surface area contributed by atoms with E-state index >= 15 is 0 Å². The summed E-state index contributed by atoms with van der Waals surface area (Å²) in [5.41, 5.74) is -1.98. The lowest BCUT2D eigenvalue weighted by molar-refractivity contribution is -0.137. The van der Waals surface area contributed by atoms with Crippen molar-refractivity contribution in [2.75, 3.05) is 6.54 Å². The van der Waals surface area contributed by atoms with E-state index in [1.165, 1.54) is 41.4 Å². The molecule has 0 saturated carbocycles. The monoisotopic (exact) mass is 421 g/mol. The maximum atomic E-state index is 13.4. The molecule has 3 aromatic rings. The molecule has 0 aliphatic carbocycles. The van der Waals surface area contributed by atoms with E-state index in [1.54, 1.807) is 6.92 Å². The van der Waals surface area contributed by atoms with E-state index < -0.39 is 28.8 Å². The summed E-state index contributed by atoms with van der Waals surface area (Å²) in [5.74, 6) is -0.621. The van der Waals surface area contributed by atoms with Crippen LogP contribution in [0.5, 0.6) is 0 Å². The summed E-state index contributed by atoms with van der Waals surface area (Å²) in [6, 6.07) is 9.75. The number of nitrogens with zero attached hydrogens (tertiary/aromatic N) is 3. The van der Waals surface area contributed by atoms with Crippen molar-refractivity contribution in [3.63, 3.8) is 0 Å². The molecule has 0 atom stereocenters. The highest BCUT2D eigenvalue weighted by Gasteiger charge is 2.34. The third-order valence-electron chi connectivity index (χ3n) is 4.34. The number of carbonyl (C=O) groups excluding carboxylic acids is 1. The Balaban J connectivity index is 2.07. The Bertz CT molecular complexity index is 1080. The van der Waals surface area contributed by atoms with Crippen LogP contribution in [0.25, 0.3) is 5.69 Å². The molecule has 0 aliphatic heterocycles. The summed E-state index contributed by atoms with van der Waals surface area (Å²) in [6.07, 6.45) is -4.60. The minimum absolute atomic E-state index is 0.199. The van der Waals surface area contributed by atoms with Crippen molar-refractivity contribution in [2.24, 2.45) is 0 Å². The van der Waals surface area contributed by atoms with Gasteiger partial charge in [0.05, 0.1) is 17.8 Å². The second kappa shape index (κ2) is 8.20. The minimum Gasteiger partial charge on any atom is -0.332 e. The van der Waals surface area contributed by atoms with Crippen LogP contribution in [0.1, 0.15) is 33.5 Å². The van der Waals surface area contributed by atoms with Crippen molar-refractivity contribution in [1.29, 1.82) is 0 Å². The van der Waals surface area contributed by atoms with Crippen LogP contribution in [0.15, 0.2) is 52.6 Å². The van der Waals surface area contributed by atoms with Crippen molar-refractivity contribution >= 4 is 17.2 Å². The zero-order valence-corrected chi connectivity index (χ0v) is 16.5. The Labute approximate surface area is 169 Å². The quantitative estimate of drug-likeness (QED) is 0.618. The molecule has 0 aliphatic rings. The summed E-state index contributed by atoms with van der Waals surface area (Å²) in [4.78, 5) is 27.7. The third-order valence-corrected chi connectivity index (χ3v) is 5.20. The van der Waals surface area contributed by atoms with Crippen molar-refractivity contribution in [1.82, 2.24) is 14.7 Å². The van der Waals surface area contributed by atoms with Crippen LogP contribution in [0.3, 0.4) is 0 Å². The molecular formula is C20H18F3N3O2S. The fourth-order valence-electron chi connectivity index (χ4n) is 2.91. The van der Waals surface area contributed by atoms with Crippen LogP contribution in [0.2, 0.25) is 0 Å². The molecule has 0 unspecified atom stereocenters. The van der Waals surface area contributed by atoms with Gasteiger partial charge in [-0.1, -0.05) is 18.2 Å². The normalized spacial score (nSPS) is 11.5. The highest BCUT2D eigenvalue weighted by atomic mass is 32.1. The van der Waals surface area contributed by atoms with E-state index in [4.69, 9.17) is 0 Å². The van der Waals surface area contributed by atoms with E-state index in [-0.39, 0.29) is 11.4 Å². The van der Waals surface area contributed by atoms with Gasteiger partial charge in [-0.15, -0.1) is 11.3 Å². The van der Waals surface area contributed by atoms with Crippen LogP contribution in [0, 0.1) is 6.92 Å². The summed E-state index contributed by atoms with van der Waals surface area (Å²) in [7, 11) is 0. The Hall–Kier alpha value is -2.94. The minimum atomic E-state index is -4.60. The molecule has 0 radical (unpaired) electrons. The number of alkyl halides is 3. The van der Waals surface area contributed by atoms with Gasteiger partial charge in [-0.3, -0.25) is 9.59 Å². The topological polar surface area (TPSA) is 55.2 Å². The predicted octanol–water partition coefficient (Wildman–Crippen LogP) is 4.28. The number of hydrogen-bond acceptors (Lipinski definition) is 4.